The van der Waals surface area contributed by atoms with Crippen molar-refractivity contribution in [1.29, 1.82) is 0 Å². The Morgan fingerprint density at radius 2 is 2.28 bits per heavy atom. The topological polar surface area (TPSA) is 39.6 Å². The summed E-state index contributed by atoms with van der Waals surface area (Å²) in [6.07, 6.45) is 1.67. The molecule has 4 nitrogen and oxygen atoms in total. The number of halogens is 1. The van der Waals surface area contributed by atoms with E-state index in [2.05, 4.69) is 14.8 Å². The first-order chi connectivity index (χ1) is 8.56. The molecule has 2 heterocycles. The van der Waals surface area contributed by atoms with E-state index in [0.717, 1.165) is 37.3 Å². The zero-order chi connectivity index (χ0) is 13.1. The number of hydrogen-bond acceptors (Lipinski definition) is 4. The molecule has 18 heavy (non-hydrogen) atoms. The second-order valence-electron chi connectivity index (χ2n) is 5.08. The molecule has 5 heteroatoms. The van der Waals surface area contributed by atoms with Crippen molar-refractivity contribution in [2.24, 2.45) is 0 Å². The Hall–Kier alpha value is -0.840. The first kappa shape index (κ1) is 13.6. The molecule has 1 saturated heterocycles. The fourth-order valence-electron chi connectivity index (χ4n) is 2.34. The van der Waals surface area contributed by atoms with Crippen molar-refractivity contribution in [1.82, 2.24) is 9.88 Å². The van der Waals surface area contributed by atoms with Gasteiger partial charge in [-0.05, 0) is 39.1 Å². The number of nitrogens with zero attached hydrogens (tertiary/aromatic N) is 3. The van der Waals surface area contributed by atoms with Crippen molar-refractivity contribution in [2.45, 2.75) is 25.5 Å². The van der Waals surface area contributed by atoms with Gasteiger partial charge in [-0.25, -0.2) is 4.98 Å². The maximum absolute atomic E-state index is 9.77. The van der Waals surface area contributed by atoms with E-state index in [4.69, 9.17) is 11.6 Å². The fourth-order valence-corrected chi connectivity index (χ4v) is 2.51. The van der Waals surface area contributed by atoms with Crippen LogP contribution in [0, 0.1) is 0 Å². The highest BCUT2D eigenvalue weighted by Gasteiger charge is 2.20. The van der Waals surface area contributed by atoms with Gasteiger partial charge in [0.15, 0.2) is 0 Å². The minimum Gasteiger partial charge on any atom is -0.391 e. The third-order valence-corrected chi connectivity index (χ3v) is 3.33. The molecule has 2 rings (SSSR count). The number of rotatable bonds is 3. The van der Waals surface area contributed by atoms with Gasteiger partial charge in [0.05, 0.1) is 17.5 Å². The molecule has 1 aliphatic heterocycles. The predicted molar refractivity (Wildman–Crippen MR) is 74.1 cm³/mol. The molecule has 100 valence electrons. The minimum atomic E-state index is -0.235. The molecule has 1 aromatic rings. The van der Waals surface area contributed by atoms with Crippen molar-refractivity contribution >= 4 is 17.3 Å². The second-order valence-corrected chi connectivity index (χ2v) is 5.47. The molecule has 0 aliphatic carbocycles. The summed E-state index contributed by atoms with van der Waals surface area (Å²) in [6.45, 7) is 2.41. The molecule has 0 spiro atoms. The standard InChI is InChI=1S/C13H20ClN3O/c1-16(2)9-11-12(5-6-13(14)15-11)17-7-3-4-10(18)8-17/h5-6,10,18H,3-4,7-9H2,1-2H3/t10-/m0/s1. The Morgan fingerprint density at radius 3 is 2.94 bits per heavy atom. The maximum Gasteiger partial charge on any atom is 0.129 e. The van der Waals surface area contributed by atoms with Crippen LogP contribution in [0.5, 0.6) is 0 Å². The Bertz CT molecular complexity index is 411. The van der Waals surface area contributed by atoms with E-state index < -0.39 is 0 Å². The summed E-state index contributed by atoms with van der Waals surface area (Å²) in [5, 5.41) is 10.3. The third kappa shape index (κ3) is 3.34. The molecular weight excluding hydrogens is 250 g/mol. The van der Waals surface area contributed by atoms with Crippen LogP contribution in [0.15, 0.2) is 12.1 Å². The summed E-state index contributed by atoms with van der Waals surface area (Å²) >= 11 is 5.97. The van der Waals surface area contributed by atoms with Crippen LogP contribution in [0.1, 0.15) is 18.5 Å². The molecule has 0 radical (unpaired) electrons. The third-order valence-electron chi connectivity index (χ3n) is 3.12. The van der Waals surface area contributed by atoms with E-state index in [1.807, 2.05) is 26.2 Å². The number of hydrogen-bond donors (Lipinski definition) is 1. The molecule has 0 saturated carbocycles. The number of β-amino-alcohol motifs (C(OH)–C–C–N with tert-alkyl or cyclic N) is 1. The van der Waals surface area contributed by atoms with E-state index >= 15 is 0 Å². The van der Waals surface area contributed by atoms with E-state index in [1.54, 1.807) is 0 Å². The molecule has 0 aromatic carbocycles. The van der Waals surface area contributed by atoms with Gasteiger partial charge < -0.3 is 14.9 Å². The van der Waals surface area contributed by atoms with E-state index in [1.165, 1.54) is 0 Å². The highest BCUT2D eigenvalue weighted by Crippen LogP contribution is 2.25. The van der Waals surface area contributed by atoms with Crippen molar-refractivity contribution in [3.63, 3.8) is 0 Å². The van der Waals surface area contributed by atoms with Crippen LogP contribution < -0.4 is 4.90 Å². The van der Waals surface area contributed by atoms with Gasteiger partial charge in [0.1, 0.15) is 5.15 Å². The maximum atomic E-state index is 9.77. The molecule has 1 atom stereocenters. The smallest absolute Gasteiger partial charge is 0.129 e. The Morgan fingerprint density at radius 1 is 1.50 bits per heavy atom. The van der Waals surface area contributed by atoms with Crippen LogP contribution in [-0.4, -0.2) is 48.3 Å². The van der Waals surface area contributed by atoms with Crippen LogP contribution in [0.25, 0.3) is 0 Å². The summed E-state index contributed by atoms with van der Waals surface area (Å²) in [5.74, 6) is 0. The van der Waals surface area contributed by atoms with Crippen molar-refractivity contribution < 1.29 is 5.11 Å². The van der Waals surface area contributed by atoms with Gasteiger partial charge >= 0.3 is 0 Å². The lowest BCUT2D eigenvalue weighted by atomic mass is 10.1. The number of piperidine rings is 1. The van der Waals surface area contributed by atoms with E-state index in [0.29, 0.717) is 11.7 Å². The van der Waals surface area contributed by atoms with Crippen LogP contribution in [-0.2, 0) is 6.54 Å². The van der Waals surface area contributed by atoms with Crippen LogP contribution in [0.3, 0.4) is 0 Å². The normalized spacial score (nSPS) is 20.5. The first-order valence-electron chi connectivity index (χ1n) is 6.29. The summed E-state index contributed by atoms with van der Waals surface area (Å²) in [5.41, 5.74) is 2.06. The predicted octanol–water partition coefficient (Wildman–Crippen LogP) is 1.76. The molecule has 1 aliphatic rings. The summed E-state index contributed by atoms with van der Waals surface area (Å²) < 4.78 is 0. The highest BCUT2D eigenvalue weighted by molar-refractivity contribution is 6.29. The molecule has 0 unspecified atom stereocenters. The lowest BCUT2D eigenvalue weighted by Crippen LogP contribution is -2.39. The fraction of sp³-hybridized carbons (Fsp3) is 0.615. The van der Waals surface area contributed by atoms with E-state index in [-0.39, 0.29) is 6.10 Å². The number of pyridine rings is 1. The van der Waals surface area contributed by atoms with Gasteiger partial charge in [0.2, 0.25) is 0 Å². The molecule has 1 aromatic heterocycles. The Labute approximate surface area is 113 Å². The zero-order valence-corrected chi connectivity index (χ0v) is 11.7. The largest absolute Gasteiger partial charge is 0.391 e. The van der Waals surface area contributed by atoms with Crippen molar-refractivity contribution in [2.75, 3.05) is 32.1 Å². The lowest BCUT2D eigenvalue weighted by Gasteiger charge is -2.33. The highest BCUT2D eigenvalue weighted by atomic mass is 35.5. The average Bonchev–Trinajstić information content (AvgIpc) is 2.28. The van der Waals surface area contributed by atoms with Gasteiger partial charge in [0, 0.05) is 19.6 Å². The number of aromatic nitrogens is 1. The molecular formula is C13H20ClN3O. The van der Waals surface area contributed by atoms with Crippen molar-refractivity contribution in [3.05, 3.63) is 23.0 Å². The molecule has 0 bridgehead atoms. The first-order valence-corrected chi connectivity index (χ1v) is 6.67. The summed E-state index contributed by atoms with van der Waals surface area (Å²) in [4.78, 5) is 8.69. The van der Waals surface area contributed by atoms with Gasteiger partial charge in [-0.3, -0.25) is 0 Å². The summed E-state index contributed by atoms with van der Waals surface area (Å²) in [7, 11) is 4.02. The van der Waals surface area contributed by atoms with Gasteiger partial charge in [0.25, 0.3) is 0 Å². The average molecular weight is 270 g/mol. The second kappa shape index (κ2) is 5.87. The van der Waals surface area contributed by atoms with Gasteiger partial charge in [-0.2, -0.15) is 0 Å². The quantitative estimate of drug-likeness (QED) is 0.849. The summed E-state index contributed by atoms with van der Waals surface area (Å²) in [6, 6.07) is 3.82. The SMILES string of the molecule is CN(C)Cc1nc(Cl)ccc1N1CCC[C@H](O)C1. The zero-order valence-electron chi connectivity index (χ0n) is 10.9. The van der Waals surface area contributed by atoms with Crippen molar-refractivity contribution in [3.8, 4) is 0 Å². The van der Waals surface area contributed by atoms with Crippen LogP contribution in [0.2, 0.25) is 5.15 Å². The van der Waals surface area contributed by atoms with Crippen LogP contribution >= 0.6 is 11.6 Å². The molecule has 0 amide bonds. The number of anilines is 1. The number of aliphatic hydroxyl groups is 1. The molecule has 1 fully saturated rings. The molecule has 1 N–H and O–H groups in total. The Balaban J connectivity index is 2.25. The minimum absolute atomic E-state index is 0.235. The van der Waals surface area contributed by atoms with Crippen LogP contribution in [0.4, 0.5) is 5.69 Å². The monoisotopic (exact) mass is 269 g/mol. The van der Waals surface area contributed by atoms with Gasteiger partial charge in [-0.15, -0.1) is 0 Å². The van der Waals surface area contributed by atoms with E-state index in [9.17, 15) is 5.11 Å². The lowest BCUT2D eigenvalue weighted by molar-refractivity contribution is 0.154. The number of aliphatic hydroxyl groups excluding tert-OH is 1. The van der Waals surface area contributed by atoms with Gasteiger partial charge in [-0.1, -0.05) is 11.6 Å². The Kier molecular flexibility index (Phi) is 4.43.